The lowest BCUT2D eigenvalue weighted by Gasteiger charge is -2.31. The Morgan fingerprint density at radius 1 is 1.47 bits per heavy atom. The fourth-order valence-electron chi connectivity index (χ4n) is 2.30. The van der Waals surface area contributed by atoms with Gasteiger partial charge in [-0.05, 0) is 31.7 Å². The van der Waals surface area contributed by atoms with Gasteiger partial charge in [-0.15, -0.1) is 11.6 Å². The summed E-state index contributed by atoms with van der Waals surface area (Å²) in [5, 5.41) is 8.50. The highest BCUT2D eigenvalue weighted by Crippen LogP contribution is 2.25. The molecule has 1 aliphatic rings. The van der Waals surface area contributed by atoms with Gasteiger partial charge in [0.15, 0.2) is 0 Å². The van der Waals surface area contributed by atoms with Crippen molar-refractivity contribution >= 4 is 11.6 Å². The van der Waals surface area contributed by atoms with Crippen molar-refractivity contribution in [2.24, 2.45) is 0 Å². The molecule has 1 aromatic heterocycles. The zero-order valence-corrected chi connectivity index (χ0v) is 11.5. The van der Waals surface area contributed by atoms with Gasteiger partial charge in [0.1, 0.15) is 0 Å². The number of nitrogens with one attached hydrogen (secondary N) is 1. The topological polar surface area (TPSA) is 29.9 Å². The van der Waals surface area contributed by atoms with E-state index in [0.717, 1.165) is 37.9 Å². The zero-order chi connectivity index (χ0) is 12.3. The van der Waals surface area contributed by atoms with E-state index >= 15 is 0 Å². The summed E-state index contributed by atoms with van der Waals surface area (Å²) >= 11 is 5.95. The first-order valence-electron chi connectivity index (χ1n) is 6.64. The molecular weight excluding hydrogens is 234 g/mol. The summed E-state index contributed by atoms with van der Waals surface area (Å²) in [5.74, 6) is 0. The van der Waals surface area contributed by atoms with Crippen LogP contribution < -0.4 is 5.32 Å². The van der Waals surface area contributed by atoms with Crippen LogP contribution in [-0.2, 0) is 6.54 Å². The Morgan fingerprint density at radius 2 is 2.18 bits per heavy atom. The minimum absolute atomic E-state index is 0.384. The van der Waals surface area contributed by atoms with E-state index in [2.05, 4.69) is 41.2 Å². The predicted octanol–water partition coefficient (Wildman–Crippen LogP) is 3.10. The normalized spacial score (nSPS) is 24.0. The summed E-state index contributed by atoms with van der Waals surface area (Å²) in [4.78, 5) is 0. The predicted molar refractivity (Wildman–Crippen MR) is 71.3 cm³/mol. The molecule has 1 fully saturated rings. The van der Waals surface area contributed by atoms with Crippen LogP contribution in [0.4, 0.5) is 0 Å². The maximum Gasteiger partial charge on any atom is 0.0762 e. The van der Waals surface area contributed by atoms with Gasteiger partial charge in [0.2, 0.25) is 0 Å². The third-order valence-electron chi connectivity index (χ3n) is 3.63. The molecule has 0 bridgehead atoms. The molecule has 0 atom stereocenters. The van der Waals surface area contributed by atoms with Gasteiger partial charge in [0, 0.05) is 24.2 Å². The number of hydrogen-bond acceptors (Lipinski definition) is 2. The molecule has 1 N–H and O–H groups in total. The molecule has 0 unspecified atom stereocenters. The molecule has 0 saturated heterocycles. The molecular formula is C13H22ClN3. The van der Waals surface area contributed by atoms with Crippen molar-refractivity contribution in [1.29, 1.82) is 0 Å². The molecule has 17 heavy (non-hydrogen) atoms. The summed E-state index contributed by atoms with van der Waals surface area (Å²) in [6.07, 6.45) is 6.56. The number of hydrogen-bond donors (Lipinski definition) is 1. The van der Waals surface area contributed by atoms with E-state index in [1.54, 1.807) is 0 Å². The van der Waals surface area contributed by atoms with Crippen molar-refractivity contribution < 1.29 is 0 Å². The Bertz CT molecular complexity index is 340. The second-order valence-corrected chi connectivity index (χ2v) is 5.52. The van der Waals surface area contributed by atoms with Crippen molar-refractivity contribution in [2.45, 2.75) is 63.5 Å². The van der Waals surface area contributed by atoms with Crippen molar-refractivity contribution in [3.05, 3.63) is 18.0 Å². The lowest BCUT2D eigenvalue weighted by atomic mass is 9.92. The van der Waals surface area contributed by atoms with Crippen LogP contribution in [0.2, 0.25) is 0 Å². The van der Waals surface area contributed by atoms with Crippen LogP contribution in [0.5, 0.6) is 0 Å². The zero-order valence-electron chi connectivity index (χ0n) is 10.7. The van der Waals surface area contributed by atoms with Crippen LogP contribution in [-0.4, -0.2) is 21.2 Å². The number of alkyl halides is 1. The van der Waals surface area contributed by atoms with Gasteiger partial charge in [0.25, 0.3) is 0 Å². The maximum atomic E-state index is 5.95. The molecule has 1 aliphatic carbocycles. The van der Waals surface area contributed by atoms with Crippen molar-refractivity contribution in [2.75, 3.05) is 0 Å². The molecule has 0 aliphatic heterocycles. The molecule has 0 aromatic carbocycles. The Hall–Kier alpha value is -0.540. The lowest BCUT2D eigenvalue weighted by Crippen LogP contribution is -2.41. The summed E-state index contributed by atoms with van der Waals surface area (Å²) in [6.45, 7) is 5.28. The summed E-state index contributed by atoms with van der Waals surface area (Å²) in [7, 11) is 0. The summed E-state index contributed by atoms with van der Waals surface area (Å²) in [5.41, 5.74) is 1.13. The number of aromatic nitrogens is 2. The lowest BCUT2D eigenvalue weighted by molar-refractivity contribution is 0.342. The minimum Gasteiger partial charge on any atom is -0.308 e. The largest absolute Gasteiger partial charge is 0.308 e. The van der Waals surface area contributed by atoms with E-state index in [0.29, 0.717) is 17.5 Å². The molecule has 2 rings (SSSR count). The van der Waals surface area contributed by atoms with E-state index in [9.17, 15) is 0 Å². The molecule has 0 radical (unpaired) electrons. The van der Waals surface area contributed by atoms with Gasteiger partial charge in [-0.3, -0.25) is 4.68 Å². The van der Waals surface area contributed by atoms with E-state index in [1.165, 1.54) is 0 Å². The van der Waals surface area contributed by atoms with Gasteiger partial charge in [-0.2, -0.15) is 5.10 Å². The monoisotopic (exact) mass is 255 g/mol. The maximum absolute atomic E-state index is 5.95. The van der Waals surface area contributed by atoms with E-state index in [4.69, 9.17) is 11.6 Å². The van der Waals surface area contributed by atoms with Crippen LogP contribution >= 0.6 is 11.6 Å². The van der Waals surface area contributed by atoms with Crippen LogP contribution in [0.15, 0.2) is 12.3 Å². The van der Waals surface area contributed by atoms with Crippen LogP contribution in [0.25, 0.3) is 0 Å². The van der Waals surface area contributed by atoms with Gasteiger partial charge >= 0.3 is 0 Å². The second kappa shape index (κ2) is 5.87. The Morgan fingerprint density at radius 3 is 2.76 bits per heavy atom. The molecule has 1 aromatic rings. The molecule has 3 nitrogen and oxygen atoms in total. The third-order valence-corrected chi connectivity index (χ3v) is 3.99. The molecule has 0 amide bonds. The minimum atomic E-state index is 0.384. The molecule has 1 heterocycles. The van der Waals surface area contributed by atoms with Crippen molar-refractivity contribution in [3.8, 4) is 0 Å². The van der Waals surface area contributed by atoms with Crippen molar-refractivity contribution in [3.63, 3.8) is 0 Å². The summed E-state index contributed by atoms with van der Waals surface area (Å²) < 4.78 is 2.10. The number of rotatable bonds is 6. The van der Waals surface area contributed by atoms with Gasteiger partial charge in [0.05, 0.1) is 11.7 Å². The molecule has 96 valence electrons. The second-order valence-electron chi connectivity index (χ2n) is 4.90. The first-order chi connectivity index (χ1) is 8.22. The number of nitrogens with zero attached hydrogens (tertiary/aromatic N) is 2. The fraction of sp³-hybridized carbons (Fsp3) is 0.769. The average Bonchev–Trinajstić information content (AvgIpc) is 2.73. The first kappa shape index (κ1) is 12.9. The average molecular weight is 256 g/mol. The van der Waals surface area contributed by atoms with E-state index in [-0.39, 0.29) is 0 Å². The standard InChI is InChI=1S/C13H22ClN3/c1-3-13(4-2)17-6-5-11(16-17)9-15-12-7-10(14)8-12/h5-6,10,12-13,15H,3-4,7-9H2,1-2H3. The van der Waals surface area contributed by atoms with E-state index < -0.39 is 0 Å². The molecule has 0 spiro atoms. The molecule has 4 heteroatoms. The van der Waals surface area contributed by atoms with Crippen LogP contribution in [0.3, 0.4) is 0 Å². The highest BCUT2D eigenvalue weighted by Gasteiger charge is 2.26. The van der Waals surface area contributed by atoms with Gasteiger partial charge in [-0.25, -0.2) is 0 Å². The first-order valence-corrected chi connectivity index (χ1v) is 7.08. The highest BCUT2D eigenvalue weighted by atomic mass is 35.5. The smallest absolute Gasteiger partial charge is 0.0762 e. The fourth-order valence-corrected chi connectivity index (χ4v) is 2.73. The highest BCUT2D eigenvalue weighted by molar-refractivity contribution is 6.21. The van der Waals surface area contributed by atoms with Crippen LogP contribution in [0, 0.1) is 0 Å². The van der Waals surface area contributed by atoms with Crippen LogP contribution in [0.1, 0.15) is 51.3 Å². The van der Waals surface area contributed by atoms with E-state index in [1.807, 2.05) is 0 Å². The molecule has 1 saturated carbocycles. The van der Waals surface area contributed by atoms with Crippen molar-refractivity contribution in [1.82, 2.24) is 15.1 Å². The quantitative estimate of drug-likeness (QED) is 0.792. The summed E-state index contributed by atoms with van der Waals surface area (Å²) in [6, 6.07) is 3.25. The Balaban J connectivity index is 1.81. The number of halogens is 1. The van der Waals surface area contributed by atoms with Gasteiger partial charge < -0.3 is 5.32 Å². The van der Waals surface area contributed by atoms with Gasteiger partial charge in [-0.1, -0.05) is 13.8 Å². The third kappa shape index (κ3) is 3.23. The SMILES string of the molecule is CCC(CC)n1ccc(CNC2CC(Cl)C2)n1. The Labute approximate surface area is 109 Å². The Kier molecular flexibility index (Phi) is 4.46.